The minimum absolute atomic E-state index is 0.0161. The molecule has 0 aliphatic carbocycles. The summed E-state index contributed by atoms with van der Waals surface area (Å²) in [6.07, 6.45) is 3.06. The normalized spacial score (nSPS) is 11.6. The molecule has 1 atom stereocenters. The standard InChI is InChI=1S/C19H18N4O3/c1-26-17(24)11-16(15-9-5-6-10-20-15)22-19(25)14-12-21-23-18(14)13-7-3-2-4-8-13/h2-10,12,16H,11H2,1H3,(H,21,23)(H,22,25). The van der Waals surface area contributed by atoms with E-state index in [1.165, 1.54) is 13.3 Å². The average Bonchev–Trinajstić information content (AvgIpc) is 3.18. The topological polar surface area (TPSA) is 97.0 Å². The smallest absolute Gasteiger partial charge is 0.308 e. The van der Waals surface area contributed by atoms with Gasteiger partial charge in [0.1, 0.15) is 0 Å². The molecular formula is C19H18N4O3. The lowest BCUT2D eigenvalue weighted by molar-refractivity contribution is -0.141. The fourth-order valence-electron chi connectivity index (χ4n) is 2.58. The number of methoxy groups -OCH3 is 1. The molecule has 0 bridgehead atoms. The molecule has 2 aromatic heterocycles. The van der Waals surface area contributed by atoms with Crippen molar-refractivity contribution in [3.05, 3.63) is 72.2 Å². The second-order valence-corrected chi connectivity index (χ2v) is 5.59. The van der Waals surface area contributed by atoms with Crippen LogP contribution in [-0.4, -0.2) is 34.2 Å². The van der Waals surface area contributed by atoms with Crippen molar-refractivity contribution in [2.24, 2.45) is 0 Å². The summed E-state index contributed by atoms with van der Waals surface area (Å²) >= 11 is 0. The third-order valence-corrected chi connectivity index (χ3v) is 3.90. The van der Waals surface area contributed by atoms with Gasteiger partial charge in [-0.25, -0.2) is 0 Å². The van der Waals surface area contributed by atoms with Gasteiger partial charge in [0, 0.05) is 11.8 Å². The number of hydrogen-bond acceptors (Lipinski definition) is 5. The van der Waals surface area contributed by atoms with Crippen LogP contribution in [0.15, 0.2) is 60.9 Å². The van der Waals surface area contributed by atoms with Gasteiger partial charge in [0.05, 0.1) is 42.7 Å². The van der Waals surface area contributed by atoms with E-state index in [0.717, 1.165) is 5.56 Å². The Bertz CT molecular complexity index is 878. The van der Waals surface area contributed by atoms with Crippen LogP contribution in [0.4, 0.5) is 0 Å². The van der Waals surface area contributed by atoms with Crippen molar-refractivity contribution in [1.29, 1.82) is 0 Å². The van der Waals surface area contributed by atoms with Crippen molar-refractivity contribution in [3.63, 3.8) is 0 Å². The molecule has 0 saturated heterocycles. The summed E-state index contributed by atoms with van der Waals surface area (Å²) < 4.78 is 4.73. The van der Waals surface area contributed by atoms with E-state index in [1.54, 1.807) is 24.4 Å². The molecule has 26 heavy (non-hydrogen) atoms. The molecular weight excluding hydrogens is 332 g/mol. The summed E-state index contributed by atoms with van der Waals surface area (Å²) in [6, 6.07) is 14.1. The number of pyridine rings is 1. The number of H-pyrrole nitrogens is 1. The summed E-state index contributed by atoms with van der Waals surface area (Å²) in [5.41, 5.74) is 2.43. The van der Waals surface area contributed by atoms with E-state index in [9.17, 15) is 9.59 Å². The molecule has 2 N–H and O–H groups in total. The number of hydrogen-bond donors (Lipinski definition) is 2. The highest BCUT2D eigenvalue weighted by atomic mass is 16.5. The van der Waals surface area contributed by atoms with Gasteiger partial charge >= 0.3 is 5.97 Å². The lowest BCUT2D eigenvalue weighted by Crippen LogP contribution is -2.31. The zero-order valence-corrected chi connectivity index (χ0v) is 14.2. The Morgan fingerprint density at radius 3 is 2.62 bits per heavy atom. The lowest BCUT2D eigenvalue weighted by atomic mass is 10.1. The highest BCUT2D eigenvalue weighted by Crippen LogP contribution is 2.22. The molecule has 1 amide bonds. The van der Waals surface area contributed by atoms with Crippen molar-refractivity contribution in [3.8, 4) is 11.3 Å². The first-order valence-electron chi connectivity index (χ1n) is 8.06. The first-order chi connectivity index (χ1) is 12.7. The van der Waals surface area contributed by atoms with E-state index in [2.05, 4.69) is 20.5 Å². The number of carbonyl (C=O) groups is 2. The third-order valence-electron chi connectivity index (χ3n) is 3.90. The van der Waals surface area contributed by atoms with Gasteiger partial charge in [-0.2, -0.15) is 5.10 Å². The molecule has 0 aliphatic heterocycles. The highest BCUT2D eigenvalue weighted by Gasteiger charge is 2.23. The van der Waals surface area contributed by atoms with Crippen molar-refractivity contribution in [1.82, 2.24) is 20.5 Å². The van der Waals surface area contributed by atoms with E-state index >= 15 is 0 Å². The number of benzene rings is 1. The Hall–Kier alpha value is -3.48. The van der Waals surface area contributed by atoms with Crippen LogP contribution in [0.1, 0.15) is 28.5 Å². The summed E-state index contributed by atoms with van der Waals surface area (Å²) in [7, 11) is 1.31. The molecule has 0 aliphatic rings. The quantitative estimate of drug-likeness (QED) is 0.666. The molecule has 1 unspecified atom stereocenters. The van der Waals surface area contributed by atoms with Crippen LogP contribution in [0.5, 0.6) is 0 Å². The summed E-state index contributed by atoms with van der Waals surface area (Å²) in [6.45, 7) is 0. The second kappa shape index (κ2) is 8.06. The van der Waals surface area contributed by atoms with E-state index in [0.29, 0.717) is 17.0 Å². The van der Waals surface area contributed by atoms with Crippen LogP contribution in [0.25, 0.3) is 11.3 Å². The first kappa shape index (κ1) is 17.3. The van der Waals surface area contributed by atoms with Gasteiger partial charge in [0.25, 0.3) is 5.91 Å². The molecule has 7 nitrogen and oxygen atoms in total. The van der Waals surface area contributed by atoms with E-state index in [4.69, 9.17) is 4.74 Å². The van der Waals surface area contributed by atoms with Crippen molar-refractivity contribution >= 4 is 11.9 Å². The van der Waals surface area contributed by atoms with Crippen molar-refractivity contribution in [2.45, 2.75) is 12.5 Å². The number of amides is 1. The SMILES string of the molecule is COC(=O)CC(NC(=O)c1cn[nH]c1-c1ccccc1)c1ccccn1. The van der Waals surface area contributed by atoms with Crippen LogP contribution >= 0.6 is 0 Å². The van der Waals surface area contributed by atoms with Crippen molar-refractivity contribution in [2.75, 3.05) is 7.11 Å². The molecule has 0 saturated carbocycles. The summed E-state index contributed by atoms with van der Waals surface area (Å²) in [5, 5.41) is 9.68. The maximum atomic E-state index is 12.8. The third kappa shape index (κ3) is 3.94. The predicted octanol–water partition coefficient (Wildman–Crippen LogP) is 2.51. The Kier molecular flexibility index (Phi) is 5.38. The molecule has 1 aromatic carbocycles. The number of carbonyl (C=O) groups excluding carboxylic acids is 2. The molecule has 132 valence electrons. The Morgan fingerprint density at radius 1 is 1.15 bits per heavy atom. The number of rotatable bonds is 6. The number of nitrogens with zero attached hydrogens (tertiary/aromatic N) is 2. The second-order valence-electron chi connectivity index (χ2n) is 5.59. The fraction of sp³-hybridized carbons (Fsp3) is 0.158. The largest absolute Gasteiger partial charge is 0.469 e. The van der Waals surface area contributed by atoms with Gasteiger partial charge in [0.15, 0.2) is 0 Å². The Morgan fingerprint density at radius 2 is 1.92 bits per heavy atom. The molecule has 7 heteroatoms. The Labute approximate surface area is 150 Å². The molecule has 0 fully saturated rings. The molecule has 2 heterocycles. The lowest BCUT2D eigenvalue weighted by Gasteiger charge is -2.17. The number of esters is 1. The number of aromatic amines is 1. The summed E-state index contributed by atoms with van der Waals surface area (Å²) in [5.74, 6) is -0.784. The zero-order valence-electron chi connectivity index (χ0n) is 14.2. The number of ether oxygens (including phenoxy) is 1. The van der Waals surface area contributed by atoms with Gasteiger partial charge in [-0.05, 0) is 12.1 Å². The molecule has 0 radical (unpaired) electrons. The van der Waals surface area contributed by atoms with E-state index < -0.39 is 12.0 Å². The van der Waals surface area contributed by atoms with E-state index in [-0.39, 0.29) is 12.3 Å². The van der Waals surface area contributed by atoms with Gasteiger partial charge in [-0.3, -0.25) is 19.7 Å². The molecule has 3 rings (SSSR count). The van der Waals surface area contributed by atoms with Gasteiger partial charge in [0.2, 0.25) is 0 Å². The van der Waals surface area contributed by atoms with Gasteiger partial charge in [-0.15, -0.1) is 0 Å². The van der Waals surface area contributed by atoms with Crippen LogP contribution in [-0.2, 0) is 9.53 Å². The maximum Gasteiger partial charge on any atom is 0.308 e. The minimum atomic E-state index is -0.602. The van der Waals surface area contributed by atoms with E-state index in [1.807, 2.05) is 30.3 Å². The van der Waals surface area contributed by atoms with Crippen LogP contribution in [0, 0.1) is 0 Å². The average molecular weight is 350 g/mol. The van der Waals surface area contributed by atoms with Crippen molar-refractivity contribution < 1.29 is 14.3 Å². The van der Waals surface area contributed by atoms with Crippen LogP contribution in [0.3, 0.4) is 0 Å². The number of aromatic nitrogens is 3. The maximum absolute atomic E-state index is 12.8. The minimum Gasteiger partial charge on any atom is -0.469 e. The molecule has 0 spiro atoms. The van der Waals surface area contributed by atoms with Crippen LogP contribution in [0.2, 0.25) is 0 Å². The van der Waals surface area contributed by atoms with Gasteiger partial charge in [-0.1, -0.05) is 36.4 Å². The highest BCUT2D eigenvalue weighted by molar-refractivity contribution is 6.00. The number of nitrogens with one attached hydrogen (secondary N) is 2. The van der Waals surface area contributed by atoms with Crippen LogP contribution < -0.4 is 5.32 Å². The fourth-order valence-corrected chi connectivity index (χ4v) is 2.58. The summed E-state index contributed by atoms with van der Waals surface area (Å²) in [4.78, 5) is 28.8. The van der Waals surface area contributed by atoms with Gasteiger partial charge < -0.3 is 10.1 Å². The molecule has 3 aromatic rings. The zero-order chi connectivity index (χ0) is 18.4. The monoisotopic (exact) mass is 350 g/mol. The first-order valence-corrected chi connectivity index (χ1v) is 8.06. The predicted molar refractivity (Wildman–Crippen MR) is 95.1 cm³/mol. The Balaban J connectivity index is 1.85.